The van der Waals surface area contributed by atoms with E-state index in [0.29, 0.717) is 17.8 Å². The third kappa shape index (κ3) is 5.49. The number of nitrogens with one attached hydrogen (secondary N) is 2. The molecule has 2 N–H and O–H groups in total. The molecule has 0 atom stereocenters. The highest BCUT2D eigenvalue weighted by Crippen LogP contribution is 2.10. The van der Waals surface area contributed by atoms with E-state index in [0.717, 1.165) is 12.8 Å². The lowest BCUT2D eigenvalue weighted by atomic mass is 10.1. The number of benzene rings is 1. The fraction of sp³-hybridized carbons (Fsp3) is 0.312. The fourth-order valence-corrected chi connectivity index (χ4v) is 1.58. The number of hydrogen-bond donors (Lipinski definition) is 2. The van der Waals surface area contributed by atoms with Gasteiger partial charge in [-0.15, -0.1) is 0 Å². The first-order valence-electron chi connectivity index (χ1n) is 6.84. The van der Waals surface area contributed by atoms with Gasteiger partial charge in [-0.25, -0.2) is 0 Å². The van der Waals surface area contributed by atoms with Gasteiger partial charge < -0.3 is 10.6 Å². The van der Waals surface area contributed by atoms with Gasteiger partial charge in [0.15, 0.2) is 5.78 Å². The SMILES string of the molecule is CCCCNC(=O)/C(C#N)=C\Nc1ccc(C(C)=O)cc1. The standard InChI is InChI=1S/C16H19N3O2/c1-3-4-9-18-16(21)14(10-17)11-19-15-7-5-13(6-8-15)12(2)20/h5-8,11,19H,3-4,9H2,1-2H3,(H,18,21)/b14-11-. The maximum atomic E-state index is 11.7. The van der Waals surface area contributed by atoms with Crippen LogP contribution in [0, 0.1) is 11.3 Å². The summed E-state index contributed by atoms with van der Waals surface area (Å²) in [6, 6.07) is 8.67. The zero-order chi connectivity index (χ0) is 15.7. The first-order chi connectivity index (χ1) is 10.1. The minimum Gasteiger partial charge on any atom is -0.360 e. The monoisotopic (exact) mass is 285 g/mol. The van der Waals surface area contributed by atoms with Gasteiger partial charge in [-0.2, -0.15) is 5.26 Å². The normalized spacial score (nSPS) is 10.6. The van der Waals surface area contributed by atoms with Gasteiger partial charge in [0.2, 0.25) is 0 Å². The molecule has 0 saturated heterocycles. The highest BCUT2D eigenvalue weighted by molar-refractivity contribution is 5.97. The van der Waals surface area contributed by atoms with Crippen molar-refractivity contribution >= 4 is 17.4 Å². The summed E-state index contributed by atoms with van der Waals surface area (Å²) >= 11 is 0. The second-order valence-corrected chi connectivity index (χ2v) is 4.56. The van der Waals surface area contributed by atoms with Crippen LogP contribution in [-0.2, 0) is 4.79 Å². The van der Waals surface area contributed by atoms with Crippen molar-refractivity contribution in [2.75, 3.05) is 11.9 Å². The van der Waals surface area contributed by atoms with Crippen molar-refractivity contribution in [3.05, 3.63) is 41.6 Å². The molecule has 0 aromatic heterocycles. The largest absolute Gasteiger partial charge is 0.360 e. The second-order valence-electron chi connectivity index (χ2n) is 4.56. The van der Waals surface area contributed by atoms with Crippen molar-refractivity contribution in [1.82, 2.24) is 5.32 Å². The van der Waals surface area contributed by atoms with E-state index < -0.39 is 0 Å². The molecule has 1 amide bonds. The number of nitrogens with zero attached hydrogens (tertiary/aromatic N) is 1. The van der Waals surface area contributed by atoms with Gasteiger partial charge in [-0.3, -0.25) is 9.59 Å². The predicted molar refractivity (Wildman–Crippen MR) is 81.7 cm³/mol. The molecule has 5 heteroatoms. The molecule has 0 unspecified atom stereocenters. The molecule has 0 bridgehead atoms. The molecule has 0 aliphatic rings. The molecule has 0 fully saturated rings. The Bertz CT molecular complexity index is 568. The van der Waals surface area contributed by atoms with E-state index in [2.05, 4.69) is 10.6 Å². The Balaban J connectivity index is 2.65. The number of anilines is 1. The maximum absolute atomic E-state index is 11.7. The number of Topliss-reactive ketones (excluding diaryl/α,β-unsaturated/α-hetero) is 1. The molecular formula is C16H19N3O2. The van der Waals surface area contributed by atoms with Gasteiger partial charge >= 0.3 is 0 Å². The summed E-state index contributed by atoms with van der Waals surface area (Å²) in [5.41, 5.74) is 1.33. The summed E-state index contributed by atoms with van der Waals surface area (Å²) in [7, 11) is 0. The lowest BCUT2D eigenvalue weighted by Crippen LogP contribution is -2.25. The second kappa shape index (κ2) is 8.54. The Labute approximate surface area is 124 Å². The maximum Gasteiger partial charge on any atom is 0.263 e. The van der Waals surface area contributed by atoms with E-state index in [4.69, 9.17) is 5.26 Å². The fourth-order valence-electron chi connectivity index (χ4n) is 1.58. The number of rotatable bonds is 7. The van der Waals surface area contributed by atoms with Gasteiger partial charge in [0.1, 0.15) is 11.6 Å². The van der Waals surface area contributed by atoms with Crippen LogP contribution in [0.5, 0.6) is 0 Å². The average Bonchev–Trinajstić information content (AvgIpc) is 2.48. The van der Waals surface area contributed by atoms with Crippen molar-refractivity contribution in [2.24, 2.45) is 0 Å². The molecule has 1 aromatic carbocycles. The van der Waals surface area contributed by atoms with Gasteiger partial charge in [0.25, 0.3) is 5.91 Å². The molecular weight excluding hydrogens is 266 g/mol. The molecule has 0 aliphatic heterocycles. The molecule has 1 aromatic rings. The van der Waals surface area contributed by atoms with Crippen LogP contribution in [0.1, 0.15) is 37.0 Å². The zero-order valence-electron chi connectivity index (χ0n) is 12.3. The van der Waals surface area contributed by atoms with Crippen LogP contribution in [-0.4, -0.2) is 18.2 Å². The van der Waals surface area contributed by atoms with Crippen LogP contribution in [0.25, 0.3) is 0 Å². The summed E-state index contributed by atoms with van der Waals surface area (Å²) in [5, 5.41) is 14.5. The summed E-state index contributed by atoms with van der Waals surface area (Å²) in [5.74, 6) is -0.399. The van der Waals surface area contributed by atoms with E-state index in [-0.39, 0.29) is 17.3 Å². The van der Waals surface area contributed by atoms with Gasteiger partial charge in [-0.1, -0.05) is 13.3 Å². The van der Waals surface area contributed by atoms with E-state index >= 15 is 0 Å². The number of carbonyl (C=O) groups is 2. The summed E-state index contributed by atoms with van der Waals surface area (Å²) in [6.45, 7) is 4.08. The molecule has 5 nitrogen and oxygen atoms in total. The minimum atomic E-state index is -0.390. The van der Waals surface area contributed by atoms with Crippen LogP contribution in [0.2, 0.25) is 0 Å². The molecule has 0 heterocycles. The number of carbonyl (C=O) groups excluding carboxylic acids is 2. The minimum absolute atomic E-state index is 0.00916. The van der Waals surface area contributed by atoms with Gasteiger partial charge in [-0.05, 0) is 37.6 Å². The van der Waals surface area contributed by atoms with Crippen LogP contribution in [0.4, 0.5) is 5.69 Å². The van der Waals surface area contributed by atoms with E-state index in [1.54, 1.807) is 24.3 Å². The smallest absolute Gasteiger partial charge is 0.263 e. The van der Waals surface area contributed by atoms with Crippen molar-refractivity contribution in [3.63, 3.8) is 0 Å². The Kier molecular flexibility index (Phi) is 6.69. The quantitative estimate of drug-likeness (QED) is 0.349. The Hall–Kier alpha value is -2.61. The Morgan fingerprint density at radius 2 is 1.95 bits per heavy atom. The Morgan fingerprint density at radius 3 is 2.48 bits per heavy atom. The first kappa shape index (κ1) is 16.4. The molecule has 21 heavy (non-hydrogen) atoms. The summed E-state index contributed by atoms with van der Waals surface area (Å²) in [4.78, 5) is 22.9. The van der Waals surface area contributed by atoms with Crippen molar-refractivity contribution in [2.45, 2.75) is 26.7 Å². The number of unbranched alkanes of at least 4 members (excludes halogenated alkanes) is 1. The highest BCUT2D eigenvalue weighted by atomic mass is 16.1. The summed E-state index contributed by atoms with van der Waals surface area (Å²) in [6.07, 6.45) is 3.22. The molecule has 0 radical (unpaired) electrons. The van der Waals surface area contributed by atoms with Crippen molar-refractivity contribution in [3.8, 4) is 6.07 Å². The van der Waals surface area contributed by atoms with Crippen LogP contribution >= 0.6 is 0 Å². The van der Waals surface area contributed by atoms with Gasteiger partial charge in [0, 0.05) is 24.0 Å². The molecule has 0 spiro atoms. The summed E-state index contributed by atoms with van der Waals surface area (Å²) < 4.78 is 0. The molecule has 110 valence electrons. The molecule has 0 aliphatic carbocycles. The average molecular weight is 285 g/mol. The van der Waals surface area contributed by atoms with Gasteiger partial charge in [0.05, 0.1) is 0 Å². The lowest BCUT2D eigenvalue weighted by Gasteiger charge is -2.05. The molecule has 0 saturated carbocycles. The number of hydrogen-bond acceptors (Lipinski definition) is 4. The van der Waals surface area contributed by atoms with Crippen molar-refractivity contribution < 1.29 is 9.59 Å². The lowest BCUT2D eigenvalue weighted by molar-refractivity contribution is -0.117. The number of nitriles is 1. The molecule has 1 rings (SSSR count). The third-order valence-corrected chi connectivity index (χ3v) is 2.86. The number of amides is 1. The third-order valence-electron chi connectivity index (χ3n) is 2.86. The predicted octanol–water partition coefficient (Wildman–Crippen LogP) is 2.62. The van der Waals surface area contributed by atoms with Crippen LogP contribution in [0.3, 0.4) is 0 Å². The first-order valence-corrected chi connectivity index (χ1v) is 6.84. The van der Waals surface area contributed by atoms with Crippen LogP contribution < -0.4 is 10.6 Å². The van der Waals surface area contributed by atoms with E-state index in [1.165, 1.54) is 13.1 Å². The van der Waals surface area contributed by atoms with E-state index in [1.807, 2.05) is 13.0 Å². The van der Waals surface area contributed by atoms with Crippen LogP contribution in [0.15, 0.2) is 36.0 Å². The topological polar surface area (TPSA) is 82.0 Å². The van der Waals surface area contributed by atoms with E-state index in [9.17, 15) is 9.59 Å². The highest BCUT2D eigenvalue weighted by Gasteiger charge is 2.07. The number of ketones is 1. The Morgan fingerprint density at radius 1 is 1.29 bits per heavy atom. The zero-order valence-corrected chi connectivity index (χ0v) is 12.3. The van der Waals surface area contributed by atoms with Crippen molar-refractivity contribution in [1.29, 1.82) is 5.26 Å².